The van der Waals surface area contributed by atoms with E-state index in [0.717, 1.165) is 11.8 Å². The Balaban J connectivity index is 1.72. The van der Waals surface area contributed by atoms with Crippen LogP contribution in [0.4, 0.5) is 0 Å². The first-order valence-electron chi connectivity index (χ1n) is 11.1. The number of thioether (sulfide) groups is 1. The summed E-state index contributed by atoms with van der Waals surface area (Å²) in [6.07, 6.45) is 1.74. The summed E-state index contributed by atoms with van der Waals surface area (Å²) in [6.45, 7) is 1.30. The highest BCUT2D eigenvalue weighted by Gasteiger charge is 2.28. The number of benzene rings is 1. The van der Waals surface area contributed by atoms with Gasteiger partial charge in [0.15, 0.2) is 0 Å². The summed E-state index contributed by atoms with van der Waals surface area (Å²) in [4.78, 5) is 58.6. The van der Waals surface area contributed by atoms with Crippen LogP contribution in [-0.4, -0.2) is 57.8 Å². The van der Waals surface area contributed by atoms with Crippen molar-refractivity contribution in [2.45, 2.75) is 25.4 Å². The number of hydrogen-bond donors (Lipinski definition) is 2. The number of ether oxygens (including phenoxy) is 1. The number of esters is 1. The highest BCUT2D eigenvalue weighted by molar-refractivity contribution is 8.14. The molecular formula is C26H26N4O5S. The minimum Gasteiger partial charge on any atom is -0.467 e. The molecule has 0 bridgehead atoms. The Morgan fingerprint density at radius 2 is 1.61 bits per heavy atom. The van der Waals surface area contributed by atoms with Gasteiger partial charge in [-0.05, 0) is 24.3 Å². The lowest BCUT2D eigenvalue weighted by molar-refractivity contribution is -0.144. The summed E-state index contributed by atoms with van der Waals surface area (Å²) in [7, 11) is 1.20. The van der Waals surface area contributed by atoms with Gasteiger partial charge in [-0.2, -0.15) is 0 Å². The Labute approximate surface area is 213 Å². The minimum absolute atomic E-state index is 0.0354. The number of pyridine rings is 2. The fourth-order valence-electron chi connectivity index (χ4n) is 3.31. The van der Waals surface area contributed by atoms with E-state index in [1.165, 1.54) is 14.0 Å². The fourth-order valence-corrected chi connectivity index (χ4v) is 4.15. The maximum Gasteiger partial charge on any atom is 0.329 e. The smallest absolute Gasteiger partial charge is 0.329 e. The quantitative estimate of drug-likeness (QED) is 0.402. The van der Waals surface area contributed by atoms with E-state index in [-0.39, 0.29) is 17.3 Å². The van der Waals surface area contributed by atoms with Crippen molar-refractivity contribution in [2.75, 3.05) is 12.9 Å². The number of methoxy groups -OCH3 is 1. The topological polar surface area (TPSA) is 127 Å². The second-order valence-corrected chi connectivity index (χ2v) is 8.73. The highest BCUT2D eigenvalue weighted by Crippen LogP contribution is 2.16. The van der Waals surface area contributed by atoms with Crippen molar-refractivity contribution in [2.24, 2.45) is 0 Å². The monoisotopic (exact) mass is 506 g/mol. The molecule has 0 radical (unpaired) electrons. The maximum atomic E-state index is 13.1. The summed E-state index contributed by atoms with van der Waals surface area (Å²) in [5, 5.41) is 4.97. The first-order chi connectivity index (χ1) is 17.4. The van der Waals surface area contributed by atoms with Gasteiger partial charge in [0.2, 0.25) is 16.9 Å². The van der Waals surface area contributed by atoms with E-state index in [1.807, 2.05) is 12.1 Å². The predicted molar refractivity (Wildman–Crippen MR) is 136 cm³/mol. The molecule has 36 heavy (non-hydrogen) atoms. The first-order valence-corrected chi connectivity index (χ1v) is 12.1. The number of amides is 2. The number of nitrogens with one attached hydrogen (secondary N) is 2. The SMILES string of the molecule is COC(=O)[C@H](CSC(=O)c1ccccc1)NC(=O)C(Cc1cccc(-c2ccccn2)n1)NC(C)=O. The fraction of sp³-hybridized carbons (Fsp3) is 0.231. The average Bonchev–Trinajstić information content (AvgIpc) is 2.90. The van der Waals surface area contributed by atoms with E-state index >= 15 is 0 Å². The zero-order valence-corrected chi connectivity index (χ0v) is 20.7. The van der Waals surface area contributed by atoms with Gasteiger partial charge in [0, 0.05) is 36.6 Å². The van der Waals surface area contributed by atoms with Gasteiger partial charge in [-0.3, -0.25) is 24.4 Å². The van der Waals surface area contributed by atoms with E-state index < -0.39 is 29.9 Å². The molecule has 0 saturated heterocycles. The molecule has 0 fully saturated rings. The molecule has 0 saturated carbocycles. The van der Waals surface area contributed by atoms with Crippen LogP contribution in [0, 0.1) is 0 Å². The summed E-state index contributed by atoms with van der Waals surface area (Å²) >= 11 is 0.891. The largest absolute Gasteiger partial charge is 0.467 e. The van der Waals surface area contributed by atoms with Crippen LogP contribution in [0.5, 0.6) is 0 Å². The standard InChI is InChI=1S/C26H26N4O5S/c1-17(31)28-22(15-19-11-8-13-21(29-19)20-12-6-7-14-27-20)24(32)30-23(25(33)35-2)16-36-26(34)18-9-4-3-5-10-18/h3-14,22-23H,15-16H2,1-2H3,(H,28,31)(H,30,32)/t22?,23-/m0/s1. The third-order valence-electron chi connectivity index (χ3n) is 5.03. The molecule has 3 rings (SSSR count). The third kappa shape index (κ3) is 7.74. The van der Waals surface area contributed by atoms with E-state index in [0.29, 0.717) is 22.6 Å². The predicted octanol–water partition coefficient (Wildman–Crippen LogP) is 2.42. The lowest BCUT2D eigenvalue weighted by Crippen LogP contribution is -2.53. The van der Waals surface area contributed by atoms with Crippen molar-refractivity contribution >= 4 is 34.7 Å². The van der Waals surface area contributed by atoms with Gasteiger partial charge < -0.3 is 15.4 Å². The van der Waals surface area contributed by atoms with Gasteiger partial charge >= 0.3 is 5.97 Å². The Morgan fingerprint density at radius 3 is 2.28 bits per heavy atom. The van der Waals surface area contributed by atoms with Crippen molar-refractivity contribution in [3.63, 3.8) is 0 Å². The molecule has 0 aliphatic carbocycles. The number of hydrogen-bond acceptors (Lipinski definition) is 8. The molecule has 1 aromatic carbocycles. The highest BCUT2D eigenvalue weighted by atomic mass is 32.2. The van der Waals surface area contributed by atoms with Crippen molar-refractivity contribution in [3.05, 3.63) is 84.2 Å². The molecule has 0 aliphatic heterocycles. The van der Waals surface area contributed by atoms with Crippen molar-refractivity contribution in [1.82, 2.24) is 20.6 Å². The van der Waals surface area contributed by atoms with Crippen molar-refractivity contribution in [3.8, 4) is 11.4 Å². The van der Waals surface area contributed by atoms with Gasteiger partial charge in [0.05, 0.1) is 18.5 Å². The number of carbonyl (C=O) groups excluding carboxylic acids is 4. The van der Waals surface area contributed by atoms with Gasteiger partial charge in [-0.25, -0.2) is 4.79 Å². The summed E-state index contributed by atoms with van der Waals surface area (Å²) in [6, 6.07) is 17.3. The van der Waals surface area contributed by atoms with Crippen molar-refractivity contribution < 1.29 is 23.9 Å². The zero-order valence-electron chi connectivity index (χ0n) is 19.8. The van der Waals surface area contributed by atoms with Gasteiger partial charge in [0.1, 0.15) is 12.1 Å². The van der Waals surface area contributed by atoms with Crippen LogP contribution in [-0.2, 0) is 25.5 Å². The second kappa shape index (κ2) is 13.1. The van der Waals surface area contributed by atoms with Crippen LogP contribution in [0.25, 0.3) is 11.4 Å². The Morgan fingerprint density at radius 1 is 0.889 bits per heavy atom. The number of rotatable bonds is 10. The van der Waals surface area contributed by atoms with E-state index in [1.54, 1.807) is 60.8 Å². The minimum atomic E-state index is -1.09. The van der Waals surface area contributed by atoms with Crippen molar-refractivity contribution in [1.29, 1.82) is 0 Å². The molecule has 2 amide bonds. The number of nitrogens with zero attached hydrogens (tertiary/aromatic N) is 2. The average molecular weight is 507 g/mol. The lowest BCUT2D eigenvalue weighted by Gasteiger charge is -2.21. The van der Waals surface area contributed by atoms with Gasteiger partial charge in [-0.15, -0.1) is 0 Å². The molecule has 3 aromatic rings. The van der Waals surface area contributed by atoms with Crippen LogP contribution >= 0.6 is 11.8 Å². The Kier molecular flexibility index (Phi) is 9.70. The molecule has 1 unspecified atom stereocenters. The second-order valence-electron chi connectivity index (χ2n) is 7.74. The summed E-state index contributed by atoms with van der Waals surface area (Å²) < 4.78 is 4.81. The molecule has 0 aliphatic rings. The Hall–Kier alpha value is -4.05. The molecule has 0 spiro atoms. The third-order valence-corrected chi connectivity index (χ3v) is 6.03. The zero-order chi connectivity index (χ0) is 25.9. The molecule has 2 aromatic heterocycles. The summed E-state index contributed by atoms with van der Waals surface area (Å²) in [5.41, 5.74) is 2.33. The molecule has 9 nitrogen and oxygen atoms in total. The molecule has 2 heterocycles. The molecule has 2 N–H and O–H groups in total. The lowest BCUT2D eigenvalue weighted by atomic mass is 10.1. The van der Waals surface area contributed by atoms with Gasteiger partial charge in [0.25, 0.3) is 0 Å². The van der Waals surface area contributed by atoms with Crippen LogP contribution < -0.4 is 10.6 Å². The summed E-state index contributed by atoms with van der Waals surface area (Å²) in [5.74, 6) is -1.75. The van der Waals surface area contributed by atoms with Crippen LogP contribution in [0.2, 0.25) is 0 Å². The van der Waals surface area contributed by atoms with Gasteiger partial charge in [-0.1, -0.05) is 54.2 Å². The molecule has 10 heteroatoms. The van der Waals surface area contributed by atoms with Crippen LogP contribution in [0.15, 0.2) is 72.9 Å². The van der Waals surface area contributed by atoms with Crippen LogP contribution in [0.1, 0.15) is 23.0 Å². The molecule has 186 valence electrons. The number of aromatic nitrogens is 2. The van der Waals surface area contributed by atoms with E-state index in [9.17, 15) is 19.2 Å². The van der Waals surface area contributed by atoms with E-state index in [2.05, 4.69) is 20.6 Å². The first kappa shape index (κ1) is 26.6. The number of carbonyl (C=O) groups is 4. The Bertz CT molecular complexity index is 1210. The molecule has 2 atom stereocenters. The normalized spacial score (nSPS) is 12.2. The molecular weight excluding hydrogens is 480 g/mol. The maximum absolute atomic E-state index is 13.1. The van der Waals surface area contributed by atoms with Crippen LogP contribution in [0.3, 0.4) is 0 Å². The van der Waals surface area contributed by atoms with E-state index in [4.69, 9.17) is 4.74 Å².